The van der Waals surface area contributed by atoms with Gasteiger partial charge in [-0.1, -0.05) is 24.3 Å². The number of methoxy groups -OCH3 is 2. The first kappa shape index (κ1) is 21.8. The van der Waals surface area contributed by atoms with E-state index in [1.807, 2.05) is 66.9 Å². The van der Waals surface area contributed by atoms with Crippen LogP contribution in [0, 0.1) is 0 Å². The molecule has 166 valence electrons. The lowest BCUT2D eigenvalue weighted by molar-refractivity contribution is -0.116. The van der Waals surface area contributed by atoms with Gasteiger partial charge in [0.05, 0.1) is 19.9 Å². The number of benzene rings is 2. The van der Waals surface area contributed by atoms with E-state index in [-0.39, 0.29) is 5.91 Å². The highest BCUT2D eigenvalue weighted by molar-refractivity contribution is 5.92. The summed E-state index contributed by atoms with van der Waals surface area (Å²) in [5, 5.41) is 7.62. The summed E-state index contributed by atoms with van der Waals surface area (Å²) < 4.78 is 12.4. The second-order valence-corrected chi connectivity index (χ2v) is 7.20. The van der Waals surface area contributed by atoms with Crippen LogP contribution in [-0.4, -0.2) is 34.9 Å². The third kappa shape index (κ3) is 5.27. The molecule has 0 aliphatic heterocycles. The monoisotopic (exact) mass is 440 g/mol. The van der Waals surface area contributed by atoms with Crippen molar-refractivity contribution in [1.82, 2.24) is 20.1 Å². The second kappa shape index (κ2) is 10.3. The fourth-order valence-electron chi connectivity index (χ4n) is 3.35. The molecule has 4 rings (SSSR count). The lowest BCUT2D eigenvalue weighted by Crippen LogP contribution is -2.20. The molecule has 0 saturated carbocycles. The van der Waals surface area contributed by atoms with Crippen LogP contribution in [0.25, 0.3) is 23.0 Å². The Labute approximate surface area is 192 Å². The van der Waals surface area contributed by atoms with Crippen LogP contribution in [0.2, 0.25) is 0 Å². The molecular formula is C26H24N4O3. The molecule has 0 radical (unpaired) electrons. The van der Waals surface area contributed by atoms with Crippen molar-refractivity contribution in [2.45, 2.75) is 6.54 Å². The number of pyridine rings is 1. The van der Waals surface area contributed by atoms with Gasteiger partial charge in [-0.25, -0.2) is 4.68 Å². The fourth-order valence-corrected chi connectivity index (χ4v) is 3.35. The Morgan fingerprint density at radius 2 is 1.85 bits per heavy atom. The van der Waals surface area contributed by atoms with E-state index < -0.39 is 0 Å². The smallest absolute Gasteiger partial charge is 0.244 e. The van der Waals surface area contributed by atoms with E-state index in [9.17, 15) is 4.79 Å². The zero-order valence-electron chi connectivity index (χ0n) is 18.4. The van der Waals surface area contributed by atoms with Gasteiger partial charge in [-0.05, 0) is 48.0 Å². The molecule has 2 heterocycles. The molecule has 0 fully saturated rings. The molecule has 0 atom stereocenters. The summed E-state index contributed by atoms with van der Waals surface area (Å²) in [6, 6.07) is 19.2. The topological polar surface area (TPSA) is 78.3 Å². The van der Waals surface area contributed by atoms with Gasteiger partial charge < -0.3 is 14.8 Å². The van der Waals surface area contributed by atoms with Crippen LogP contribution >= 0.6 is 0 Å². The van der Waals surface area contributed by atoms with Crippen LogP contribution < -0.4 is 14.8 Å². The average molecular weight is 441 g/mol. The van der Waals surface area contributed by atoms with E-state index in [2.05, 4.69) is 10.3 Å². The molecule has 33 heavy (non-hydrogen) atoms. The van der Waals surface area contributed by atoms with E-state index in [1.165, 1.54) is 6.08 Å². The zero-order valence-corrected chi connectivity index (χ0v) is 18.4. The first-order valence-electron chi connectivity index (χ1n) is 10.4. The zero-order chi connectivity index (χ0) is 23.0. The van der Waals surface area contributed by atoms with Crippen molar-refractivity contribution in [1.29, 1.82) is 0 Å². The second-order valence-electron chi connectivity index (χ2n) is 7.20. The van der Waals surface area contributed by atoms with Crippen LogP contribution in [0.4, 0.5) is 0 Å². The molecule has 2 aromatic carbocycles. The third-order valence-electron chi connectivity index (χ3n) is 5.03. The Hall–Kier alpha value is -4.39. The van der Waals surface area contributed by atoms with E-state index in [4.69, 9.17) is 14.6 Å². The van der Waals surface area contributed by atoms with Crippen LogP contribution in [0.3, 0.4) is 0 Å². The molecule has 7 nitrogen and oxygen atoms in total. The lowest BCUT2D eigenvalue weighted by Gasteiger charge is -2.09. The molecule has 4 aromatic rings. The molecule has 0 bridgehead atoms. The van der Waals surface area contributed by atoms with Crippen molar-refractivity contribution in [2.24, 2.45) is 0 Å². The van der Waals surface area contributed by atoms with Crippen molar-refractivity contribution in [3.05, 3.63) is 96.5 Å². The van der Waals surface area contributed by atoms with Gasteiger partial charge >= 0.3 is 0 Å². The number of ether oxygens (including phenoxy) is 2. The standard InChI is InChI=1S/C26H24N4O3/c1-32-23-12-10-19(15-24(23)33-2)16-28-25(31)13-11-21-18-30(22-8-4-3-5-9-22)29-26(21)20-7-6-14-27-17-20/h3-15,17-18H,16H2,1-2H3,(H,28,31)/b13-11+. The van der Waals surface area contributed by atoms with Crippen LogP contribution in [0.5, 0.6) is 11.5 Å². The number of aromatic nitrogens is 3. The average Bonchev–Trinajstić information content (AvgIpc) is 3.31. The SMILES string of the molecule is COc1ccc(CNC(=O)/C=C/c2cn(-c3ccccc3)nc2-c2cccnc2)cc1OC. The molecule has 2 aromatic heterocycles. The summed E-state index contributed by atoms with van der Waals surface area (Å²) >= 11 is 0. The Balaban J connectivity index is 1.52. The highest BCUT2D eigenvalue weighted by Gasteiger charge is 2.11. The number of hydrogen-bond donors (Lipinski definition) is 1. The molecule has 0 aliphatic carbocycles. The molecule has 0 unspecified atom stereocenters. The largest absolute Gasteiger partial charge is 0.493 e. The highest BCUT2D eigenvalue weighted by Crippen LogP contribution is 2.27. The van der Waals surface area contributed by atoms with Gasteiger partial charge in [0, 0.05) is 42.3 Å². The fraction of sp³-hybridized carbons (Fsp3) is 0.115. The number of nitrogens with zero attached hydrogens (tertiary/aromatic N) is 3. The number of carbonyl (C=O) groups is 1. The van der Waals surface area contributed by atoms with E-state index in [0.29, 0.717) is 18.0 Å². The molecule has 0 aliphatic rings. The van der Waals surface area contributed by atoms with Crippen LogP contribution in [0.15, 0.2) is 85.3 Å². The number of rotatable bonds is 8. The number of nitrogens with one attached hydrogen (secondary N) is 1. The number of carbonyl (C=O) groups excluding carboxylic acids is 1. The molecule has 1 amide bonds. The summed E-state index contributed by atoms with van der Waals surface area (Å²) in [5.74, 6) is 1.05. The van der Waals surface area contributed by atoms with Crippen LogP contribution in [0.1, 0.15) is 11.1 Å². The minimum absolute atomic E-state index is 0.214. The van der Waals surface area contributed by atoms with Gasteiger partial charge in [-0.2, -0.15) is 5.10 Å². The van der Waals surface area contributed by atoms with Crippen molar-refractivity contribution < 1.29 is 14.3 Å². The molecule has 7 heteroatoms. The minimum atomic E-state index is -0.214. The number of amides is 1. The van der Waals surface area contributed by atoms with Gasteiger partial charge in [-0.15, -0.1) is 0 Å². The Morgan fingerprint density at radius 1 is 1.03 bits per heavy atom. The van der Waals surface area contributed by atoms with E-state index in [0.717, 1.165) is 28.1 Å². The number of hydrogen-bond acceptors (Lipinski definition) is 5. The van der Waals surface area contributed by atoms with Crippen molar-refractivity contribution >= 4 is 12.0 Å². The molecule has 0 saturated heterocycles. The predicted octanol–water partition coefficient (Wildman–Crippen LogP) is 4.28. The molecular weight excluding hydrogens is 416 g/mol. The third-order valence-corrected chi connectivity index (χ3v) is 5.03. The summed E-state index contributed by atoms with van der Waals surface area (Å²) in [7, 11) is 3.17. The molecule has 0 spiro atoms. The maximum absolute atomic E-state index is 12.5. The summed E-state index contributed by atoms with van der Waals surface area (Å²) in [6.07, 6.45) is 8.64. The maximum Gasteiger partial charge on any atom is 0.244 e. The van der Waals surface area contributed by atoms with Gasteiger partial charge in [0.2, 0.25) is 5.91 Å². The first-order valence-corrected chi connectivity index (χ1v) is 10.4. The maximum atomic E-state index is 12.5. The lowest BCUT2D eigenvalue weighted by atomic mass is 10.1. The van der Waals surface area contributed by atoms with Gasteiger partial charge in [0.15, 0.2) is 11.5 Å². The molecule has 1 N–H and O–H groups in total. The van der Waals surface area contributed by atoms with Gasteiger partial charge in [0.25, 0.3) is 0 Å². The van der Waals surface area contributed by atoms with Gasteiger partial charge in [0.1, 0.15) is 5.69 Å². The van der Waals surface area contributed by atoms with Crippen molar-refractivity contribution in [2.75, 3.05) is 14.2 Å². The summed E-state index contributed by atoms with van der Waals surface area (Å²) in [5.41, 5.74) is 4.27. The van der Waals surface area contributed by atoms with E-state index in [1.54, 1.807) is 37.4 Å². The van der Waals surface area contributed by atoms with E-state index >= 15 is 0 Å². The van der Waals surface area contributed by atoms with Crippen molar-refractivity contribution in [3.8, 4) is 28.4 Å². The summed E-state index contributed by atoms with van der Waals surface area (Å²) in [6.45, 7) is 0.363. The number of para-hydroxylation sites is 1. The van der Waals surface area contributed by atoms with Crippen LogP contribution in [-0.2, 0) is 11.3 Å². The quantitative estimate of drug-likeness (QED) is 0.414. The first-order chi connectivity index (χ1) is 16.2. The Kier molecular flexibility index (Phi) is 6.80. The Bertz CT molecular complexity index is 1250. The normalized spacial score (nSPS) is 10.8. The summed E-state index contributed by atoms with van der Waals surface area (Å²) in [4.78, 5) is 16.7. The predicted molar refractivity (Wildman–Crippen MR) is 127 cm³/mol. The highest BCUT2D eigenvalue weighted by atomic mass is 16.5. The Morgan fingerprint density at radius 3 is 2.58 bits per heavy atom. The van der Waals surface area contributed by atoms with Gasteiger partial charge in [-0.3, -0.25) is 9.78 Å². The minimum Gasteiger partial charge on any atom is -0.493 e. The van der Waals surface area contributed by atoms with Crippen molar-refractivity contribution in [3.63, 3.8) is 0 Å².